The van der Waals surface area contributed by atoms with Crippen LogP contribution in [-0.4, -0.2) is 35.9 Å². The highest BCUT2D eigenvalue weighted by atomic mass is 79.9. The lowest BCUT2D eigenvalue weighted by Crippen LogP contribution is -2.49. The molecule has 2 amide bonds. The number of amides is 2. The summed E-state index contributed by atoms with van der Waals surface area (Å²) in [5.74, 6) is -0.0452. The van der Waals surface area contributed by atoms with E-state index in [9.17, 15) is 9.59 Å². The van der Waals surface area contributed by atoms with E-state index in [1.807, 2.05) is 25.1 Å². The minimum atomic E-state index is -0.730. The van der Waals surface area contributed by atoms with Crippen molar-refractivity contribution in [2.75, 3.05) is 13.2 Å². The van der Waals surface area contributed by atoms with Crippen LogP contribution in [0.3, 0.4) is 0 Å². The van der Waals surface area contributed by atoms with E-state index in [4.69, 9.17) is 27.9 Å². The first kappa shape index (κ1) is 27.5. The number of nitrogens with one attached hydrogen (secondary N) is 1. The third-order valence-corrected chi connectivity index (χ3v) is 6.58. The maximum atomic E-state index is 13.2. The topological polar surface area (TPSA) is 58.6 Å². The van der Waals surface area contributed by atoms with Gasteiger partial charge in [0, 0.05) is 28.7 Å². The van der Waals surface area contributed by atoms with Crippen molar-refractivity contribution >= 4 is 50.9 Å². The Balaban J connectivity index is 2.23. The van der Waals surface area contributed by atoms with Crippen molar-refractivity contribution in [3.8, 4) is 5.75 Å². The summed E-state index contributed by atoms with van der Waals surface area (Å²) in [6, 6.07) is 10.2. The number of ether oxygens (including phenoxy) is 1. The van der Waals surface area contributed by atoms with Gasteiger partial charge >= 0.3 is 0 Å². The van der Waals surface area contributed by atoms with Crippen LogP contribution in [0.1, 0.15) is 52.2 Å². The average Bonchev–Trinajstić information content (AvgIpc) is 2.75. The largest absolute Gasteiger partial charge is 0.483 e. The van der Waals surface area contributed by atoms with Gasteiger partial charge in [0.1, 0.15) is 11.8 Å². The molecule has 1 unspecified atom stereocenters. The third kappa shape index (κ3) is 7.62. The van der Waals surface area contributed by atoms with E-state index in [1.165, 1.54) is 4.90 Å². The molecule has 2 rings (SSSR count). The Morgan fingerprint density at radius 2 is 1.79 bits per heavy atom. The molecule has 0 saturated carbocycles. The number of halogens is 3. The van der Waals surface area contributed by atoms with E-state index in [-0.39, 0.29) is 30.4 Å². The molecule has 0 fully saturated rings. The zero-order chi connectivity index (χ0) is 24.8. The van der Waals surface area contributed by atoms with Crippen molar-refractivity contribution in [1.82, 2.24) is 10.2 Å². The van der Waals surface area contributed by atoms with Crippen molar-refractivity contribution in [3.05, 3.63) is 62.0 Å². The number of nitrogens with zero attached hydrogens (tertiary/aromatic N) is 1. The molecular weight excluding hydrogens is 527 g/mol. The van der Waals surface area contributed by atoms with Gasteiger partial charge < -0.3 is 15.0 Å². The Kier molecular flexibility index (Phi) is 10.1. The van der Waals surface area contributed by atoms with E-state index in [2.05, 4.69) is 42.0 Å². The van der Waals surface area contributed by atoms with Gasteiger partial charge in [-0.25, -0.2) is 0 Å². The summed E-state index contributed by atoms with van der Waals surface area (Å²) in [6.07, 6.45) is 0.796. The predicted octanol–water partition coefficient (Wildman–Crippen LogP) is 6.38. The molecule has 8 heteroatoms. The minimum Gasteiger partial charge on any atom is -0.483 e. The van der Waals surface area contributed by atoms with Crippen LogP contribution in [0.15, 0.2) is 40.9 Å². The van der Waals surface area contributed by atoms with Crippen molar-refractivity contribution in [2.45, 2.75) is 59.0 Å². The Morgan fingerprint density at radius 1 is 1.15 bits per heavy atom. The van der Waals surface area contributed by atoms with Crippen molar-refractivity contribution in [1.29, 1.82) is 0 Å². The van der Waals surface area contributed by atoms with Crippen LogP contribution in [0.4, 0.5) is 0 Å². The summed E-state index contributed by atoms with van der Waals surface area (Å²) in [6.45, 7) is 10.4. The van der Waals surface area contributed by atoms with Crippen LogP contribution in [0.2, 0.25) is 10.0 Å². The molecule has 0 bridgehead atoms. The van der Waals surface area contributed by atoms with Gasteiger partial charge in [0.25, 0.3) is 5.91 Å². The molecule has 0 spiro atoms. The van der Waals surface area contributed by atoms with Crippen LogP contribution >= 0.6 is 39.1 Å². The van der Waals surface area contributed by atoms with Gasteiger partial charge in [0.2, 0.25) is 5.91 Å². The minimum absolute atomic E-state index is 0.0107. The lowest BCUT2D eigenvalue weighted by molar-refractivity contribution is -0.142. The molecule has 0 radical (unpaired) electrons. The summed E-state index contributed by atoms with van der Waals surface area (Å²) in [5, 5.41) is 3.71. The Labute approximate surface area is 214 Å². The summed E-state index contributed by atoms with van der Waals surface area (Å²) in [4.78, 5) is 27.3. The van der Waals surface area contributed by atoms with Gasteiger partial charge in [0.05, 0.1) is 4.47 Å². The maximum Gasteiger partial charge on any atom is 0.261 e. The zero-order valence-electron chi connectivity index (χ0n) is 19.7. The van der Waals surface area contributed by atoms with Crippen molar-refractivity contribution in [2.24, 2.45) is 0 Å². The molecule has 0 aliphatic heterocycles. The molecular formula is C25H31BrCl2N2O3. The molecule has 0 saturated heterocycles. The van der Waals surface area contributed by atoms with E-state index in [1.54, 1.807) is 25.1 Å². The van der Waals surface area contributed by atoms with Gasteiger partial charge in [-0.3, -0.25) is 9.59 Å². The molecule has 2 aromatic carbocycles. The summed E-state index contributed by atoms with van der Waals surface area (Å²) in [7, 11) is 0. The number of carbonyl (C=O) groups excluding carboxylic acids is 2. The number of hydrogen-bond acceptors (Lipinski definition) is 3. The first-order valence-corrected chi connectivity index (χ1v) is 12.4. The lowest BCUT2D eigenvalue weighted by atomic mass is 9.87. The van der Waals surface area contributed by atoms with E-state index in [0.717, 1.165) is 16.5 Å². The Morgan fingerprint density at radius 3 is 2.33 bits per heavy atom. The molecule has 1 atom stereocenters. The number of hydrogen-bond donors (Lipinski definition) is 1. The highest BCUT2D eigenvalue weighted by molar-refractivity contribution is 9.10. The van der Waals surface area contributed by atoms with Crippen LogP contribution in [0.25, 0.3) is 0 Å². The van der Waals surface area contributed by atoms with Crippen LogP contribution < -0.4 is 10.1 Å². The fraction of sp³-hybridized carbons (Fsp3) is 0.440. The maximum absolute atomic E-state index is 13.2. The standard InChI is InChI=1S/C25H31BrCl2N2O3/c1-6-12-29-24(32)16(2)30(14-18-20(27)8-7-9-21(18)28)23(31)15-33-22-11-10-17(13-19(22)26)25(3,4)5/h7-11,13,16H,6,12,14-15H2,1-5H3,(H,29,32). The second-order valence-corrected chi connectivity index (χ2v) is 10.5. The number of carbonyl (C=O) groups is 2. The molecule has 0 aliphatic rings. The fourth-order valence-corrected chi connectivity index (χ4v) is 4.15. The summed E-state index contributed by atoms with van der Waals surface area (Å²) >= 11 is 16.2. The molecule has 2 aromatic rings. The normalized spacial score (nSPS) is 12.2. The van der Waals surface area contributed by atoms with Gasteiger partial charge in [-0.2, -0.15) is 0 Å². The SMILES string of the molecule is CCCNC(=O)C(C)N(Cc1c(Cl)cccc1Cl)C(=O)COc1ccc(C(C)(C)C)cc1Br. The highest BCUT2D eigenvalue weighted by Crippen LogP contribution is 2.32. The predicted molar refractivity (Wildman–Crippen MR) is 138 cm³/mol. The summed E-state index contributed by atoms with van der Waals surface area (Å²) in [5.41, 5.74) is 1.72. The lowest BCUT2D eigenvalue weighted by Gasteiger charge is -2.29. The molecule has 0 aromatic heterocycles. The first-order chi connectivity index (χ1) is 15.5. The first-order valence-electron chi connectivity index (χ1n) is 10.9. The van der Waals surface area contributed by atoms with Gasteiger partial charge in [0.15, 0.2) is 6.61 Å². The van der Waals surface area contributed by atoms with Crippen LogP contribution in [-0.2, 0) is 21.5 Å². The van der Waals surface area contributed by atoms with Crippen molar-refractivity contribution < 1.29 is 14.3 Å². The Hall–Kier alpha value is -1.76. The van der Waals surface area contributed by atoms with Gasteiger partial charge in [-0.1, -0.05) is 63.0 Å². The van der Waals surface area contributed by atoms with Gasteiger partial charge in [-0.05, 0) is 64.5 Å². The van der Waals surface area contributed by atoms with Crippen LogP contribution in [0, 0.1) is 0 Å². The smallest absolute Gasteiger partial charge is 0.261 e. The molecule has 0 aliphatic carbocycles. The van der Waals surface area contributed by atoms with E-state index >= 15 is 0 Å². The van der Waals surface area contributed by atoms with E-state index < -0.39 is 6.04 Å². The average molecular weight is 558 g/mol. The van der Waals surface area contributed by atoms with E-state index in [0.29, 0.717) is 27.9 Å². The third-order valence-electron chi connectivity index (χ3n) is 5.26. The molecule has 5 nitrogen and oxygen atoms in total. The molecule has 180 valence electrons. The van der Waals surface area contributed by atoms with Gasteiger partial charge in [-0.15, -0.1) is 0 Å². The second kappa shape index (κ2) is 12.1. The zero-order valence-corrected chi connectivity index (χ0v) is 22.8. The monoisotopic (exact) mass is 556 g/mol. The summed E-state index contributed by atoms with van der Waals surface area (Å²) < 4.78 is 6.58. The molecule has 0 heterocycles. The quantitative estimate of drug-likeness (QED) is 0.389. The highest BCUT2D eigenvalue weighted by Gasteiger charge is 2.28. The Bertz CT molecular complexity index is 972. The fourth-order valence-electron chi connectivity index (χ4n) is 3.14. The second-order valence-electron chi connectivity index (χ2n) is 8.87. The van der Waals surface area contributed by atoms with Crippen molar-refractivity contribution in [3.63, 3.8) is 0 Å². The number of benzene rings is 2. The molecule has 1 N–H and O–H groups in total. The van der Waals surface area contributed by atoms with Crippen LogP contribution in [0.5, 0.6) is 5.75 Å². The molecule has 33 heavy (non-hydrogen) atoms. The number of rotatable bonds is 9.